The van der Waals surface area contributed by atoms with Gasteiger partial charge in [0.1, 0.15) is 0 Å². The molecule has 21 heavy (non-hydrogen) atoms. The Labute approximate surface area is 120 Å². The minimum absolute atomic E-state index is 0.0976. The van der Waals surface area contributed by atoms with Crippen LogP contribution in [0.5, 0.6) is 6.08 Å². The molecular formula is C14H16N2O5. The zero-order valence-electron chi connectivity index (χ0n) is 12.1. The summed E-state index contributed by atoms with van der Waals surface area (Å²) in [6, 6.07) is 2.66. The summed E-state index contributed by atoms with van der Waals surface area (Å²) < 4.78 is 10.3. The number of aromatic nitrogens is 1. The average molecular weight is 292 g/mol. The summed E-state index contributed by atoms with van der Waals surface area (Å²) in [7, 11) is 0. The molecule has 1 aromatic carbocycles. The van der Waals surface area contributed by atoms with Gasteiger partial charge in [0.05, 0.1) is 21.9 Å². The molecule has 0 spiro atoms. The van der Waals surface area contributed by atoms with E-state index in [1.807, 2.05) is 6.92 Å². The third-order valence-electron chi connectivity index (χ3n) is 2.85. The van der Waals surface area contributed by atoms with E-state index in [1.54, 1.807) is 13.8 Å². The molecule has 112 valence electrons. The Hall–Kier alpha value is -2.44. The van der Waals surface area contributed by atoms with Gasteiger partial charge >= 0.3 is 11.7 Å². The first-order valence-corrected chi connectivity index (χ1v) is 6.71. The molecule has 0 unspecified atom stereocenters. The van der Waals surface area contributed by atoms with Gasteiger partial charge in [-0.2, -0.15) is 4.98 Å². The Kier molecular flexibility index (Phi) is 4.21. The predicted octanol–water partition coefficient (Wildman–Crippen LogP) is 2.84. The second-order valence-corrected chi connectivity index (χ2v) is 4.94. The summed E-state index contributed by atoms with van der Waals surface area (Å²) >= 11 is 0. The summed E-state index contributed by atoms with van der Waals surface area (Å²) in [6.07, 6.45) is 0.895. The number of nitrogens with zero attached hydrogens (tertiary/aromatic N) is 2. The standard InChI is InChI=1S/C14H16N2O5/c1-4-5-9-6-10(16(18)19)7-11-12(9)13(17)21-14(15-11)20-8(2)3/h6-8H,4-5H2,1-3H3. The molecule has 0 saturated carbocycles. The van der Waals surface area contributed by atoms with Gasteiger partial charge in [0.15, 0.2) is 0 Å². The van der Waals surface area contributed by atoms with Crippen LogP contribution in [0.15, 0.2) is 21.3 Å². The molecule has 0 saturated heterocycles. The summed E-state index contributed by atoms with van der Waals surface area (Å²) in [5.41, 5.74) is 0.104. The zero-order chi connectivity index (χ0) is 15.6. The molecule has 0 aliphatic rings. The highest BCUT2D eigenvalue weighted by Gasteiger charge is 2.17. The highest BCUT2D eigenvalue weighted by molar-refractivity contribution is 5.83. The molecular weight excluding hydrogens is 276 g/mol. The van der Waals surface area contributed by atoms with E-state index in [9.17, 15) is 14.9 Å². The largest absolute Gasteiger partial charge is 0.447 e. The van der Waals surface area contributed by atoms with Crippen LogP contribution >= 0.6 is 0 Å². The maximum Gasteiger partial charge on any atom is 0.397 e. The number of ether oxygens (including phenoxy) is 1. The number of benzene rings is 1. The Balaban J connectivity index is 2.71. The van der Waals surface area contributed by atoms with Crippen LogP contribution in [0.3, 0.4) is 0 Å². The van der Waals surface area contributed by atoms with Gasteiger partial charge in [-0.3, -0.25) is 10.1 Å². The van der Waals surface area contributed by atoms with E-state index in [-0.39, 0.29) is 28.8 Å². The third-order valence-corrected chi connectivity index (χ3v) is 2.85. The number of nitro groups is 1. The van der Waals surface area contributed by atoms with Crippen molar-refractivity contribution >= 4 is 16.6 Å². The van der Waals surface area contributed by atoms with Gasteiger partial charge in [-0.15, -0.1) is 0 Å². The molecule has 7 nitrogen and oxygen atoms in total. The number of fused-ring (bicyclic) bond motifs is 1. The molecule has 0 fully saturated rings. The fraction of sp³-hybridized carbons (Fsp3) is 0.429. The molecule has 7 heteroatoms. The van der Waals surface area contributed by atoms with Crippen molar-refractivity contribution in [2.24, 2.45) is 0 Å². The van der Waals surface area contributed by atoms with Crippen LogP contribution in [0.4, 0.5) is 5.69 Å². The first-order valence-electron chi connectivity index (χ1n) is 6.71. The van der Waals surface area contributed by atoms with Crippen molar-refractivity contribution in [1.29, 1.82) is 0 Å². The molecule has 1 aromatic heterocycles. The molecule has 0 atom stereocenters. The van der Waals surface area contributed by atoms with Crippen molar-refractivity contribution in [3.8, 4) is 6.08 Å². The zero-order valence-corrected chi connectivity index (χ0v) is 12.1. The lowest BCUT2D eigenvalue weighted by atomic mass is 10.0. The Morgan fingerprint density at radius 2 is 2.14 bits per heavy atom. The van der Waals surface area contributed by atoms with Crippen molar-refractivity contribution < 1.29 is 14.1 Å². The van der Waals surface area contributed by atoms with Crippen molar-refractivity contribution in [2.45, 2.75) is 39.7 Å². The molecule has 0 radical (unpaired) electrons. The van der Waals surface area contributed by atoms with Gasteiger partial charge in [-0.25, -0.2) is 4.79 Å². The number of aryl methyl sites for hydroxylation is 1. The van der Waals surface area contributed by atoms with Gasteiger partial charge in [-0.05, 0) is 25.8 Å². The van der Waals surface area contributed by atoms with Crippen LogP contribution in [0.25, 0.3) is 10.9 Å². The Bertz CT molecular complexity index is 736. The fourth-order valence-electron chi connectivity index (χ4n) is 2.07. The minimum atomic E-state index is -0.589. The predicted molar refractivity (Wildman–Crippen MR) is 76.7 cm³/mol. The second kappa shape index (κ2) is 5.90. The molecule has 0 amide bonds. The summed E-state index contributed by atoms with van der Waals surface area (Å²) in [5, 5.41) is 11.3. The highest BCUT2D eigenvalue weighted by Crippen LogP contribution is 2.24. The smallest absolute Gasteiger partial charge is 0.397 e. The van der Waals surface area contributed by atoms with Crippen LogP contribution < -0.4 is 10.4 Å². The van der Waals surface area contributed by atoms with Gasteiger partial charge in [0.25, 0.3) is 5.69 Å². The third kappa shape index (κ3) is 3.18. The summed E-state index contributed by atoms with van der Waals surface area (Å²) in [4.78, 5) is 26.7. The number of hydrogen-bond donors (Lipinski definition) is 0. The molecule has 1 heterocycles. The molecule has 0 bridgehead atoms. The van der Waals surface area contributed by atoms with E-state index < -0.39 is 10.5 Å². The Morgan fingerprint density at radius 1 is 1.43 bits per heavy atom. The quantitative estimate of drug-likeness (QED) is 0.621. The number of hydrogen-bond acceptors (Lipinski definition) is 6. The van der Waals surface area contributed by atoms with E-state index in [4.69, 9.17) is 9.15 Å². The maximum atomic E-state index is 12.1. The first kappa shape index (κ1) is 15.0. The van der Waals surface area contributed by atoms with Gasteiger partial charge in [0, 0.05) is 12.1 Å². The molecule has 0 N–H and O–H groups in total. The normalized spacial score (nSPS) is 11.0. The summed E-state index contributed by atoms with van der Waals surface area (Å²) in [5.74, 6) is 0. The van der Waals surface area contributed by atoms with Crippen molar-refractivity contribution in [3.63, 3.8) is 0 Å². The first-order chi connectivity index (χ1) is 9.92. The van der Waals surface area contributed by atoms with E-state index in [0.29, 0.717) is 12.0 Å². The average Bonchev–Trinajstić information content (AvgIpc) is 2.37. The fourth-order valence-corrected chi connectivity index (χ4v) is 2.07. The van der Waals surface area contributed by atoms with Crippen LogP contribution in [0.2, 0.25) is 0 Å². The van der Waals surface area contributed by atoms with Crippen LogP contribution in [-0.4, -0.2) is 16.0 Å². The number of nitro benzene ring substituents is 1. The van der Waals surface area contributed by atoms with E-state index in [1.165, 1.54) is 12.1 Å². The maximum absolute atomic E-state index is 12.1. The molecule has 0 aliphatic carbocycles. The second-order valence-electron chi connectivity index (χ2n) is 4.94. The topological polar surface area (TPSA) is 95.5 Å². The van der Waals surface area contributed by atoms with Crippen molar-refractivity contribution in [2.75, 3.05) is 0 Å². The van der Waals surface area contributed by atoms with Gasteiger partial charge in [0.2, 0.25) is 0 Å². The monoisotopic (exact) mass is 292 g/mol. The summed E-state index contributed by atoms with van der Waals surface area (Å²) in [6.45, 7) is 5.46. The van der Waals surface area contributed by atoms with Crippen molar-refractivity contribution in [1.82, 2.24) is 4.98 Å². The van der Waals surface area contributed by atoms with Crippen LogP contribution in [0, 0.1) is 10.1 Å². The van der Waals surface area contributed by atoms with E-state index >= 15 is 0 Å². The molecule has 2 rings (SSSR count). The highest BCUT2D eigenvalue weighted by atomic mass is 16.6. The van der Waals surface area contributed by atoms with E-state index in [2.05, 4.69) is 4.98 Å². The lowest BCUT2D eigenvalue weighted by molar-refractivity contribution is -0.384. The van der Waals surface area contributed by atoms with Crippen molar-refractivity contribution in [3.05, 3.63) is 38.2 Å². The van der Waals surface area contributed by atoms with Gasteiger partial charge in [-0.1, -0.05) is 13.3 Å². The number of rotatable bonds is 5. The number of non-ortho nitro benzene ring substituents is 1. The molecule has 2 aromatic rings. The Morgan fingerprint density at radius 3 is 2.71 bits per heavy atom. The minimum Gasteiger partial charge on any atom is -0.447 e. The van der Waals surface area contributed by atoms with Crippen LogP contribution in [-0.2, 0) is 6.42 Å². The van der Waals surface area contributed by atoms with Gasteiger partial charge < -0.3 is 9.15 Å². The molecule has 0 aliphatic heterocycles. The van der Waals surface area contributed by atoms with E-state index in [0.717, 1.165) is 6.42 Å². The lowest BCUT2D eigenvalue weighted by Crippen LogP contribution is -2.12. The van der Waals surface area contributed by atoms with Crippen LogP contribution in [0.1, 0.15) is 32.8 Å². The lowest BCUT2D eigenvalue weighted by Gasteiger charge is -2.08. The SMILES string of the molecule is CCCc1cc([N+](=O)[O-])cc2nc(OC(C)C)oc(=O)c12.